The van der Waals surface area contributed by atoms with Gasteiger partial charge in [-0.15, -0.1) is 0 Å². The minimum absolute atomic E-state index is 0.135. The monoisotopic (exact) mass is 347 g/mol. The highest BCUT2D eigenvalue weighted by molar-refractivity contribution is 9.09. The molecular formula is C17H18BrNO2. The molecule has 0 aliphatic rings. The molecule has 4 heteroatoms. The van der Waals surface area contributed by atoms with Crippen molar-refractivity contribution in [2.24, 2.45) is 0 Å². The SMILES string of the molecule is C[C@H](Br)COC(=O)N(Cc1ccccc1)c1ccccc1. The van der Waals surface area contributed by atoms with Crippen molar-refractivity contribution in [3.05, 3.63) is 66.2 Å². The Hall–Kier alpha value is -1.81. The Labute approximate surface area is 133 Å². The van der Waals surface area contributed by atoms with E-state index in [1.807, 2.05) is 67.6 Å². The first-order valence-corrected chi connectivity index (χ1v) is 7.75. The molecule has 110 valence electrons. The van der Waals surface area contributed by atoms with Crippen LogP contribution in [-0.4, -0.2) is 17.5 Å². The predicted octanol–water partition coefficient (Wildman–Crippen LogP) is 4.61. The molecule has 0 spiro atoms. The van der Waals surface area contributed by atoms with E-state index in [4.69, 9.17) is 4.74 Å². The average molecular weight is 348 g/mol. The molecule has 0 saturated heterocycles. The number of rotatable bonds is 5. The van der Waals surface area contributed by atoms with E-state index in [1.54, 1.807) is 4.90 Å². The summed E-state index contributed by atoms with van der Waals surface area (Å²) < 4.78 is 5.33. The fourth-order valence-electron chi connectivity index (χ4n) is 1.90. The number of halogens is 1. The van der Waals surface area contributed by atoms with Crippen molar-refractivity contribution in [1.29, 1.82) is 0 Å². The van der Waals surface area contributed by atoms with Crippen molar-refractivity contribution in [2.75, 3.05) is 11.5 Å². The maximum Gasteiger partial charge on any atom is 0.414 e. The number of hydrogen-bond acceptors (Lipinski definition) is 2. The summed E-state index contributed by atoms with van der Waals surface area (Å²) in [7, 11) is 0. The lowest BCUT2D eigenvalue weighted by Gasteiger charge is -2.22. The van der Waals surface area contributed by atoms with E-state index in [2.05, 4.69) is 15.9 Å². The van der Waals surface area contributed by atoms with Crippen LogP contribution >= 0.6 is 15.9 Å². The Bertz CT molecular complexity index is 558. The number of ether oxygens (including phenoxy) is 1. The number of amides is 1. The van der Waals surface area contributed by atoms with Gasteiger partial charge in [-0.3, -0.25) is 4.90 Å². The lowest BCUT2D eigenvalue weighted by atomic mass is 10.2. The van der Waals surface area contributed by atoms with Gasteiger partial charge in [0.2, 0.25) is 0 Å². The highest BCUT2D eigenvalue weighted by Gasteiger charge is 2.18. The van der Waals surface area contributed by atoms with Crippen molar-refractivity contribution >= 4 is 27.7 Å². The number of hydrogen-bond donors (Lipinski definition) is 0. The number of benzene rings is 2. The van der Waals surface area contributed by atoms with Gasteiger partial charge in [0.15, 0.2) is 0 Å². The van der Waals surface area contributed by atoms with Crippen LogP contribution in [-0.2, 0) is 11.3 Å². The zero-order chi connectivity index (χ0) is 15.1. The summed E-state index contributed by atoms with van der Waals surface area (Å²) in [6.07, 6.45) is -0.337. The molecular weight excluding hydrogens is 330 g/mol. The quantitative estimate of drug-likeness (QED) is 0.739. The van der Waals surface area contributed by atoms with Crippen molar-refractivity contribution < 1.29 is 9.53 Å². The standard InChI is InChI=1S/C17H18BrNO2/c1-14(18)13-21-17(20)19(16-10-6-3-7-11-16)12-15-8-4-2-5-9-15/h2-11,14H,12-13H2,1H3/t14-/m0/s1. The molecule has 1 amide bonds. The first-order valence-electron chi connectivity index (χ1n) is 6.84. The molecule has 0 bridgehead atoms. The number of carbonyl (C=O) groups excluding carboxylic acids is 1. The van der Waals surface area contributed by atoms with E-state index < -0.39 is 0 Å². The lowest BCUT2D eigenvalue weighted by Crippen LogP contribution is -2.32. The third kappa shape index (κ3) is 4.90. The molecule has 0 fully saturated rings. The van der Waals surface area contributed by atoms with Gasteiger partial charge in [0.1, 0.15) is 6.61 Å². The zero-order valence-electron chi connectivity index (χ0n) is 11.9. The second kappa shape index (κ2) is 7.84. The highest BCUT2D eigenvalue weighted by Crippen LogP contribution is 2.18. The van der Waals surface area contributed by atoms with Crippen LogP contribution in [0.1, 0.15) is 12.5 Å². The number of anilines is 1. The summed E-state index contributed by atoms with van der Waals surface area (Å²) in [6, 6.07) is 19.4. The van der Waals surface area contributed by atoms with Crippen molar-refractivity contribution in [3.8, 4) is 0 Å². The van der Waals surface area contributed by atoms with Gasteiger partial charge in [-0.25, -0.2) is 4.79 Å². The Balaban J connectivity index is 2.16. The minimum atomic E-state index is -0.337. The molecule has 0 saturated carbocycles. The van der Waals surface area contributed by atoms with Crippen LogP contribution in [0.15, 0.2) is 60.7 Å². The predicted molar refractivity (Wildman–Crippen MR) is 88.8 cm³/mol. The molecule has 3 nitrogen and oxygen atoms in total. The zero-order valence-corrected chi connectivity index (χ0v) is 13.5. The summed E-state index contributed by atoms with van der Waals surface area (Å²) in [4.78, 5) is 14.1. The largest absolute Gasteiger partial charge is 0.448 e. The Kier molecular flexibility index (Phi) is 5.81. The molecule has 2 rings (SSSR count). The summed E-state index contributed by atoms with van der Waals surface area (Å²) in [6.45, 7) is 2.77. The second-order valence-electron chi connectivity index (χ2n) is 4.76. The van der Waals surface area contributed by atoms with E-state index in [-0.39, 0.29) is 10.9 Å². The molecule has 0 unspecified atom stereocenters. The second-order valence-corrected chi connectivity index (χ2v) is 6.33. The smallest absolute Gasteiger partial charge is 0.414 e. The average Bonchev–Trinajstić information content (AvgIpc) is 2.52. The Morgan fingerprint density at radius 2 is 1.67 bits per heavy atom. The van der Waals surface area contributed by atoms with Crippen LogP contribution in [0, 0.1) is 0 Å². The van der Waals surface area contributed by atoms with Crippen LogP contribution < -0.4 is 4.90 Å². The van der Waals surface area contributed by atoms with Crippen LogP contribution in [0.5, 0.6) is 0 Å². The van der Waals surface area contributed by atoms with E-state index in [0.29, 0.717) is 13.2 Å². The van der Waals surface area contributed by atoms with E-state index in [1.165, 1.54) is 0 Å². The van der Waals surface area contributed by atoms with Gasteiger partial charge in [0.05, 0.1) is 6.54 Å². The summed E-state index contributed by atoms with van der Waals surface area (Å²) in [5, 5.41) is 0. The molecule has 0 N–H and O–H groups in total. The Morgan fingerprint density at radius 3 is 2.24 bits per heavy atom. The molecule has 0 radical (unpaired) electrons. The molecule has 0 aliphatic heterocycles. The molecule has 2 aromatic carbocycles. The molecule has 0 aliphatic carbocycles. The van der Waals surface area contributed by atoms with Gasteiger partial charge in [0, 0.05) is 10.5 Å². The van der Waals surface area contributed by atoms with Crippen molar-refractivity contribution in [2.45, 2.75) is 18.3 Å². The van der Waals surface area contributed by atoms with E-state index in [0.717, 1.165) is 11.3 Å². The number of para-hydroxylation sites is 1. The summed E-state index contributed by atoms with van der Waals surface area (Å²) in [5.41, 5.74) is 1.89. The molecule has 0 heterocycles. The van der Waals surface area contributed by atoms with Crippen LogP contribution in [0.4, 0.5) is 10.5 Å². The van der Waals surface area contributed by atoms with Gasteiger partial charge in [-0.2, -0.15) is 0 Å². The lowest BCUT2D eigenvalue weighted by molar-refractivity contribution is 0.155. The number of nitrogens with zero attached hydrogens (tertiary/aromatic N) is 1. The minimum Gasteiger partial charge on any atom is -0.448 e. The van der Waals surface area contributed by atoms with E-state index >= 15 is 0 Å². The maximum absolute atomic E-state index is 12.3. The van der Waals surface area contributed by atoms with Gasteiger partial charge in [0.25, 0.3) is 0 Å². The van der Waals surface area contributed by atoms with Crippen LogP contribution in [0.25, 0.3) is 0 Å². The first kappa shape index (κ1) is 15.6. The fraction of sp³-hybridized carbons (Fsp3) is 0.235. The molecule has 2 aromatic rings. The van der Waals surface area contributed by atoms with Crippen LogP contribution in [0.3, 0.4) is 0 Å². The van der Waals surface area contributed by atoms with Gasteiger partial charge >= 0.3 is 6.09 Å². The third-order valence-electron chi connectivity index (χ3n) is 2.91. The first-order chi connectivity index (χ1) is 10.2. The Morgan fingerprint density at radius 1 is 1.10 bits per heavy atom. The van der Waals surface area contributed by atoms with Gasteiger partial charge < -0.3 is 4.74 Å². The third-order valence-corrected chi connectivity index (χ3v) is 3.17. The van der Waals surface area contributed by atoms with Gasteiger partial charge in [-0.05, 0) is 24.6 Å². The maximum atomic E-state index is 12.3. The van der Waals surface area contributed by atoms with Crippen molar-refractivity contribution in [3.63, 3.8) is 0 Å². The highest BCUT2D eigenvalue weighted by atomic mass is 79.9. The normalized spacial score (nSPS) is 11.7. The molecule has 21 heavy (non-hydrogen) atoms. The van der Waals surface area contributed by atoms with E-state index in [9.17, 15) is 4.79 Å². The number of carbonyl (C=O) groups is 1. The fourth-order valence-corrected chi connectivity index (χ4v) is 2.03. The van der Waals surface area contributed by atoms with Gasteiger partial charge in [-0.1, -0.05) is 64.5 Å². The molecule has 0 aromatic heterocycles. The van der Waals surface area contributed by atoms with Crippen LogP contribution in [0.2, 0.25) is 0 Å². The van der Waals surface area contributed by atoms with Crippen molar-refractivity contribution in [1.82, 2.24) is 0 Å². The summed E-state index contributed by atoms with van der Waals surface area (Å²) in [5.74, 6) is 0. The molecule has 1 atom stereocenters. The number of alkyl halides is 1. The topological polar surface area (TPSA) is 29.5 Å². The summed E-state index contributed by atoms with van der Waals surface area (Å²) >= 11 is 3.38.